The first-order valence-corrected chi connectivity index (χ1v) is 13.1. The lowest BCUT2D eigenvalue weighted by Crippen LogP contribution is -2.43. The number of ether oxygens (including phenoxy) is 2. The highest BCUT2D eigenvalue weighted by atomic mass is 16.5. The predicted molar refractivity (Wildman–Crippen MR) is 145 cm³/mol. The van der Waals surface area contributed by atoms with E-state index in [1.165, 1.54) is 19.2 Å². The molecule has 2 aliphatic rings. The molecule has 0 radical (unpaired) electrons. The van der Waals surface area contributed by atoms with Gasteiger partial charge in [-0.1, -0.05) is 6.07 Å². The van der Waals surface area contributed by atoms with Gasteiger partial charge in [-0.15, -0.1) is 0 Å². The highest BCUT2D eigenvalue weighted by Gasteiger charge is 2.39. The van der Waals surface area contributed by atoms with Crippen LogP contribution >= 0.6 is 0 Å². The van der Waals surface area contributed by atoms with E-state index in [0.29, 0.717) is 17.8 Å². The van der Waals surface area contributed by atoms with E-state index in [4.69, 9.17) is 9.47 Å². The van der Waals surface area contributed by atoms with Crippen molar-refractivity contribution in [1.29, 1.82) is 0 Å². The standard InChI is InChI=1S/C29H29N7O2/c1-18-12-19(6-9-25(18)37-22-10-11-36-27(15-22)31-17-33-36)34-29-28-24(30-16-32-29)4-3-5-26(28)38-23-13-20-7-8-21(14-23)35(20)2/h3-6,9-12,15-17,20-21,23H,7-8,13-14H2,1-2H3,(H,30,32,34)/t20-,21?,23?/m0/s1. The van der Waals surface area contributed by atoms with Crippen molar-refractivity contribution < 1.29 is 9.47 Å². The summed E-state index contributed by atoms with van der Waals surface area (Å²) in [6.45, 7) is 2.02. The van der Waals surface area contributed by atoms with Crippen LogP contribution in [0.5, 0.6) is 17.2 Å². The Morgan fingerprint density at radius 1 is 0.921 bits per heavy atom. The average molecular weight is 508 g/mol. The smallest absolute Gasteiger partial charge is 0.158 e. The molecule has 2 saturated heterocycles. The minimum atomic E-state index is 0.206. The maximum atomic E-state index is 6.63. The molecule has 0 saturated carbocycles. The van der Waals surface area contributed by atoms with Gasteiger partial charge in [-0.25, -0.2) is 19.5 Å². The van der Waals surface area contributed by atoms with Crippen molar-refractivity contribution in [2.24, 2.45) is 0 Å². The lowest BCUT2D eigenvalue weighted by molar-refractivity contribution is 0.0671. The van der Waals surface area contributed by atoms with Gasteiger partial charge in [0.05, 0.1) is 10.9 Å². The Bertz CT molecular complexity index is 1620. The van der Waals surface area contributed by atoms with Crippen molar-refractivity contribution in [3.05, 3.63) is 72.9 Å². The maximum absolute atomic E-state index is 6.63. The number of aryl methyl sites for hydroxylation is 1. The van der Waals surface area contributed by atoms with Crippen molar-refractivity contribution >= 4 is 28.1 Å². The topological polar surface area (TPSA) is 89.7 Å². The van der Waals surface area contributed by atoms with Crippen molar-refractivity contribution in [3.8, 4) is 17.2 Å². The Kier molecular flexibility index (Phi) is 5.58. The van der Waals surface area contributed by atoms with E-state index in [9.17, 15) is 0 Å². The maximum Gasteiger partial charge on any atom is 0.158 e. The van der Waals surface area contributed by atoms with Crippen LogP contribution in [0.15, 0.2) is 67.4 Å². The third kappa shape index (κ3) is 4.18. The highest BCUT2D eigenvalue weighted by Crippen LogP contribution is 2.39. The Morgan fingerprint density at radius 3 is 2.63 bits per heavy atom. The molecule has 3 atom stereocenters. The number of pyridine rings is 1. The zero-order valence-electron chi connectivity index (χ0n) is 21.4. The summed E-state index contributed by atoms with van der Waals surface area (Å²) in [5, 5.41) is 8.53. The minimum Gasteiger partial charge on any atom is -0.489 e. The summed E-state index contributed by atoms with van der Waals surface area (Å²) in [7, 11) is 2.25. The second kappa shape index (κ2) is 9.25. The van der Waals surface area contributed by atoms with Crippen LogP contribution in [0, 0.1) is 6.92 Å². The summed E-state index contributed by atoms with van der Waals surface area (Å²) >= 11 is 0. The Balaban J connectivity index is 1.14. The molecule has 5 heterocycles. The quantitative estimate of drug-likeness (QED) is 0.321. The fourth-order valence-corrected chi connectivity index (χ4v) is 5.87. The Labute approximate surface area is 220 Å². The van der Waals surface area contributed by atoms with E-state index in [2.05, 4.69) is 43.4 Å². The molecule has 2 aliphatic heterocycles. The molecule has 9 nitrogen and oxygen atoms in total. The first kappa shape index (κ1) is 22.9. The molecule has 2 unspecified atom stereocenters. The van der Waals surface area contributed by atoms with E-state index < -0.39 is 0 Å². The van der Waals surface area contributed by atoms with Crippen LogP contribution in [0.25, 0.3) is 16.6 Å². The molecule has 1 N–H and O–H groups in total. The largest absolute Gasteiger partial charge is 0.489 e. The van der Waals surface area contributed by atoms with Gasteiger partial charge in [0.1, 0.15) is 41.8 Å². The number of rotatable bonds is 6. The number of hydrogen-bond acceptors (Lipinski definition) is 8. The molecule has 2 bridgehead atoms. The van der Waals surface area contributed by atoms with Crippen LogP contribution < -0.4 is 14.8 Å². The van der Waals surface area contributed by atoms with Crippen LogP contribution in [0.2, 0.25) is 0 Å². The van der Waals surface area contributed by atoms with Gasteiger partial charge < -0.3 is 19.7 Å². The van der Waals surface area contributed by atoms with Crippen LogP contribution in [0.3, 0.4) is 0 Å². The average Bonchev–Trinajstić information content (AvgIpc) is 3.45. The molecule has 38 heavy (non-hydrogen) atoms. The van der Waals surface area contributed by atoms with E-state index in [0.717, 1.165) is 58.0 Å². The van der Waals surface area contributed by atoms with Gasteiger partial charge in [0.15, 0.2) is 5.65 Å². The van der Waals surface area contributed by atoms with Gasteiger partial charge in [-0.2, -0.15) is 5.10 Å². The van der Waals surface area contributed by atoms with Crippen LogP contribution in [0.4, 0.5) is 11.5 Å². The van der Waals surface area contributed by atoms with Gasteiger partial charge in [0, 0.05) is 30.0 Å². The number of nitrogens with one attached hydrogen (secondary N) is 1. The van der Waals surface area contributed by atoms with Crippen molar-refractivity contribution in [2.45, 2.75) is 50.8 Å². The molecule has 3 aromatic heterocycles. The molecule has 2 fully saturated rings. The monoisotopic (exact) mass is 507 g/mol. The first-order chi connectivity index (χ1) is 18.6. The summed E-state index contributed by atoms with van der Waals surface area (Å²) in [4.78, 5) is 15.9. The summed E-state index contributed by atoms with van der Waals surface area (Å²) in [5.41, 5.74) is 3.50. The molecule has 9 heteroatoms. The molecule has 7 rings (SSSR count). The fraction of sp³-hybridized carbons (Fsp3) is 0.310. The molecule has 0 amide bonds. The second-order valence-corrected chi connectivity index (χ2v) is 10.3. The minimum absolute atomic E-state index is 0.206. The molecule has 0 aliphatic carbocycles. The predicted octanol–water partition coefficient (Wildman–Crippen LogP) is 5.52. The molecule has 0 spiro atoms. The molecule has 5 aromatic rings. The van der Waals surface area contributed by atoms with Crippen LogP contribution in [0.1, 0.15) is 31.2 Å². The first-order valence-electron chi connectivity index (χ1n) is 13.1. The number of nitrogens with zero attached hydrogens (tertiary/aromatic N) is 6. The van der Waals surface area contributed by atoms with Gasteiger partial charge >= 0.3 is 0 Å². The van der Waals surface area contributed by atoms with Crippen molar-refractivity contribution in [2.75, 3.05) is 12.4 Å². The normalized spacial score (nSPS) is 21.2. The number of aromatic nitrogens is 5. The summed E-state index contributed by atoms with van der Waals surface area (Å²) in [6.07, 6.45) is 9.80. The SMILES string of the molecule is Cc1cc(Nc2ncnc3cccc(OC4CC5CC[C@@H](C4)N5C)c23)ccc1Oc1ccn2ncnc2c1. The Morgan fingerprint density at radius 2 is 1.79 bits per heavy atom. The number of hydrogen-bond donors (Lipinski definition) is 1. The molecule has 2 aromatic carbocycles. The van der Waals surface area contributed by atoms with E-state index in [1.807, 2.05) is 55.6 Å². The third-order valence-electron chi connectivity index (χ3n) is 7.89. The zero-order valence-corrected chi connectivity index (χ0v) is 21.4. The second-order valence-electron chi connectivity index (χ2n) is 10.3. The summed E-state index contributed by atoms with van der Waals surface area (Å²) < 4.78 is 14.5. The fourth-order valence-electron chi connectivity index (χ4n) is 5.87. The van der Waals surface area contributed by atoms with Gasteiger partial charge in [-0.05, 0) is 81.6 Å². The summed E-state index contributed by atoms with van der Waals surface area (Å²) in [5.74, 6) is 3.04. The van der Waals surface area contributed by atoms with E-state index in [-0.39, 0.29) is 6.10 Å². The lowest BCUT2D eigenvalue weighted by Gasteiger charge is -2.36. The van der Waals surface area contributed by atoms with Gasteiger partial charge in [0.25, 0.3) is 0 Å². The zero-order chi connectivity index (χ0) is 25.6. The summed E-state index contributed by atoms with van der Waals surface area (Å²) in [6, 6.07) is 17.0. The lowest BCUT2D eigenvalue weighted by atomic mass is 10.0. The van der Waals surface area contributed by atoms with E-state index >= 15 is 0 Å². The molecule has 192 valence electrons. The van der Waals surface area contributed by atoms with Crippen LogP contribution in [-0.2, 0) is 0 Å². The third-order valence-corrected chi connectivity index (χ3v) is 7.89. The molecular weight excluding hydrogens is 478 g/mol. The number of benzene rings is 2. The number of fused-ring (bicyclic) bond motifs is 4. The number of piperidine rings is 1. The van der Waals surface area contributed by atoms with Crippen LogP contribution in [-0.4, -0.2) is 54.7 Å². The van der Waals surface area contributed by atoms with Crippen molar-refractivity contribution in [3.63, 3.8) is 0 Å². The van der Waals surface area contributed by atoms with Gasteiger partial charge in [-0.3, -0.25) is 0 Å². The molecular formula is C29H29N7O2. The van der Waals surface area contributed by atoms with Crippen molar-refractivity contribution in [1.82, 2.24) is 29.5 Å². The van der Waals surface area contributed by atoms with Gasteiger partial charge in [0.2, 0.25) is 0 Å². The Hall–Kier alpha value is -4.24. The number of anilines is 2. The van der Waals surface area contributed by atoms with E-state index in [1.54, 1.807) is 10.8 Å². The highest BCUT2D eigenvalue weighted by molar-refractivity contribution is 5.95.